The summed E-state index contributed by atoms with van der Waals surface area (Å²) in [4.78, 5) is 0. The second-order valence-electron chi connectivity index (χ2n) is 4.54. The maximum Gasteiger partial charge on any atom is 0.127 e. The van der Waals surface area contributed by atoms with Gasteiger partial charge in [0.25, 0.3) is 0 Å². The summed E-state index contributed by atoms with van der Waals surface area (Å²) in [6.07, 6.45) is 2.57. The van der Waals surface area contributed by atoms with Gasteiger partial charge < -0.3 is 5.11 Å². The third kappa shape index (κ3) is 3.55. The summed E-state index contributed by atoms with van der Waals surface area (Å²) in [5, 5.41) is 14.4. The molecule has 0 radical (unpaired) electrons. The fourth-order valence-corrected chi connectivity index (χ4v) is 2.27. The van der Waals surface area contributed by atoms with E-state index in [-0.39, 0.29) is 12.2 Å². The van der Waals surface area contributed by atoms with E-state index in [0.29, 0.717) is 23.4 Å². The Kier molecular flexibility index (Phi) is 4.56. The zero-order chi connectivity index (χ0) is 13.8. The summed E-state index contributed by atoms with van der Waals surface area (Å²) in [6.45, 7) is 0. The van der Waals surface area contributed by atoms with Gasteiger partial charge in [0.1, 0.15) is 5.82 Å². The van der Waals surface area contributed by atoms with Crippen LogP contribution in [0.25, 0.3) is 0 Å². The molecule has 1 unspecified atom stereocenters. The third-order valence-electron chi connectivity index (χ3n) is 3.16. The van der Waals surface area contributed by atoms with Gasteiger partial charge in [-0.3, -0.25) is 4.68 Å². The Morgan fingerprint density at radius 3 is 2.84 bits per heavy atom. The molecule has 102 valence electrons. The number of hydrogen-bond acceptors (Lipinski definition) is 2. The van der Waals surface area contributed by atoms with E-state index in [4.69, 9.17) is 11.6 Å². The minimum absolute atomic E-state index is 0.226. The summed E-state index contributed by atoms with van der Waals surface area (Å²) >= 11 is 5.93. The number of nitrogens with zero attached hydrogens (tertiary/aromatic N) is 2. The van der Waals surface area contributed by atoms with Crippen LogP contribution in [0.15, 0.2) is 30.5 Å². The van der Waals surface area contributed by atoms with Crippen molar-refractivity contribution in [2.24, 2.45) is 7.05 Å². The smallest absolute Gasteiger partial charge is 0.127 e. The predicted molar refractivity (Wildman–Crippen MR) is 72.6 cm³/mol. The molecular weight excluding hydrogens is 267 g/mol. The van der Waals surface area contributed by atoms with Crippen molar-refractivity contribution < 1.29 is 9.50 Å². The zero-order valence-electron chi connectivity index (χ0n) is 10.7. The first-order chi connectivity index (χ1) is 9.08. The van der Waals surface area contributed by atoms with E-state index in [9.17, 15) is 9.50 Å². The van der Waals surface area contributed by atoms with Crippen molar-refractivity contribution in [1.29, 1.82) is 0 Å². The number of hydrogen-bond donors (Lipinski definition) is 1. The fraction of sp³-hybridized carbons (Fsp3) is 0.357. The molecule has 0 spiro atoms. The summed E-state index contributed by atoms with van der Waals surface area (Å²) in [5.41, 5.74) is 1.42. The highest BCUT2D eigenvalue weighted by Crippen LogP contribution is 2.21. The van der Waals surface area contributed by atoms with Gasteiger partial charge in [0.15, 0.2) is 0 Å². The quantitative estimate of drug-likeness (QED) is 0.916. The van der Waals surface area contributed by atoms with E-state index in [2.05, 4.69) is 5.10 Å². The monoisotopic (exact) mass is 282 g/mol. The maximum atomic E-state index is 13.6. The molecule has 0 aliphatic heterocycles. The van der Waals surface area contributed by atoms with Gasteiger partial charge in [-0.2, -0.15) is 5.10 Å². The van der Waals surface area contributed by atoms with Crippen LogP contribution in [0.4, 0.5) is 4.39 Å². The van der Waals surface area contributed by atoms with Gasteiger partial charge in [0, 0.05) is 35.9 Å². The van der Waals surface area contributed by atoms with Gasteiger partial charge in [-0.15, -0.1) is 0 Å². The van der Waals surface area contributed by atoms with E-state index in [1.54, 1.807) is 23.0 Å². The molecule has 0 bridgehead atoms. The SMILES string of the molecule is Cn1nccc1CCC(O)Cc1c(F)cccc1Cl. The Hall–Kier alpha value is -1.39. The minimum atomic E-state index is -0.621. The first-order valence-corrected chi connectivity index (χ1v) is 6.53. The highest BCUT2D eigenvalue weighted by atomic mass is 35.5. The Morgan fingerprint density at radius 2 is 2.21 bits per heavy atom. The highest BCUT2D eigenvalue weighted by molar-refractivity contribution is 6.31. The molecule has 1 atom stereocenters. The summed E-state index contributed by atoms with van der Waals surface area (Å²) in [5.74, 6) is -0.368. The second-order valence-corrected chi connectivity index (χ2v) is 4.95. The molecule has 2 rings (SSSR count). The lowest BCUT2D eigenvalue weighted by atomic mass is 10.0. The van der Waals surface area contributed by atoms with Crippen LogP contribution in [0.1, 0.15) is 17.7 Å². The van der Waals surface area contributed by atoms with Crippen molar-refractivity contribution >= 4 is 11.6 Å². The van der Waals surface area contributed by atoms with Gasteiger partial charge in [-0.05, 0) is 31.0 Å². The van der Waals surface area contributed by atoms with Crippen molar-refractivity contribution in [1.82, 2.24) is 9.78 Å². The van der Waals surface area contributed by atoms with E-state index >= 15 is 0 Å². The Bertz CT molecular complexity index is 536. The van der Waals surface area contributed by atoms with Crippen molar-refractivity contribution in [3.05, 3.63) is 52.6 Å². The molecule has 0 fully saturated rings. The van der Waals surface area contributed by atoms with Crippen LogP contribution >= 0.6 is 11.6 Å². The highest BCUT2D eigenvalue weighted by Gasteiger charge is 2.13. The average Bonchev–Trinajstić information content (AvgIpc) is 2.77. The Balaban J connectivity index is 1.94. The molecule has 1 aromatic carbocycles. The van der Waals surface area contributed by atoms with Gasteiger partial charge in [0.2, 0.25) is 0 Å². The molecule has 0 saturated carbocycles. The van der Waals surface area contributed by atoms with E-state index in [1.807, 2.05) is 13.1 Å². The average molecular weight is 283 g/mol. The van der Waals surface area contributed by atoms with Crippen LogP contribution in [0.5, 0.6) is 0 Å². The first kappa shape index (κ1) is 14.0. The molecule has 0 aliphatic rings. The van der Waals surface area contributed by atoms with Gasteiger partial charge in [-0.25, -0.2) is 4.39 Å². The number of aryl methyl sites for hydroxylation is 2. The molecule has 1 heterocycles. The molecule has 0 aliphatic carbocycles. The number of halogens is 2. The topological polar surface area (TPSA) is 38.0 Å². The Labute approximate surface area is 116 Å². The lowest BCUT2D eigenvalue weighted by molar-refractivity contribution is 0.163. The number of aliphatic hydroxyl groups excluding tert-OH is 1. The molecule has 0 amide bonds. The van der Waals surface area contributed by atoms with Crippen LogP contribution in [0.2, 0.25) is 5.02 Å². The lowest BCUT2D eigenvalue weighted by Crippen LogP contribution is -2.14. The number of aromatic nitrogens is 2. The summed E-state index contributed by atoms with van der Waals surface area (Å²) in [6, 6.07) is 6.45. The normalized spacial score (nSPS) is 12.6. The molecule has 19 heavy (non-hydrogen) atoms. The van der Waals surface area contributed by atoms with Gasteiger partial charge in [-0.1, -0.05) is 17.7 Å². The second kappa shape index (κ2) is 6.17. The van der Waals surface area contributed by atoms with Crippen molar-refractivity contribution in [2.75, 3.05) is 0 Å². The van der Waals surface area contributed by atoms with Gasteiger partial charge in [0.05, 0.1) is 6.10 Å². The lowest BCUT2D eigenvalue weighted by Gasteiger charge is -2.12. The van der Waals surface area contributed by atoms with Crippen molar-refractivity contribution in [2.45, 2.75) is 25.4 Å². The zero-order valence-corrected chi connectivity index (χ0v) is 11.4. The molecule has 3 nitrogen and oxygen atoms in total. The van der Waals surface area contributed by atoms with Gasteiger partial charge >= 0.3 is 0 Å². The summed E-state index contributed by atoms with van der Waals surface area (Å²) < 4.78 is 15.3. The minimum Gasteiger partial charge on any atom is -0.393 e. The molecule has 2 aromatic rings. The predicted octanol–water partition coefficient (Wildman–Crippen LogP) is 2.75. The van der Waals surface area contributed by atoms with Crippen LogP contribution in [0, 0.1) is 5.82 Å². The summed E-state index contributed by atoms with van der Waals surface area (Å²) in [7, 11) is 1.86. The fourth-order valence-electron chi connectivity index (χ4n) is 2.03. The molecule has 5 heteroatoms. The van der Waals surface area contributed by atoms with E-state index in [0.717, 1.165) is 5.69 Å². The van der Waals surface area contributed by atoms with Crippen LogP contribution < -0.4 is 0 Å². The van der Waals surface area contributed by atoms with E-state index in [1.165, 1.54) is 6.07 Å². The molecular formula is C14H16ClFN2O. The largest absolute Gasteiger partial charge is 0.393 e. The van der Waals surface area contributed by atoms with Crippen LogP contribution in [-0.2, 0) is 19.9 Å². The molecule has 1 aromatic heterocycles. The van der Waals surface area contributed by atoms with E-state index < -0.39 is 6.10 Å². The Morgan fingerprint density at radius 1 is 1.42 bits per heavy atom. The van der Waals surface area contributed by atoms with Crippen molar-refractivity contribution in [3.63, 3.8) is 0 Å². The maximum absolute atomic E-state index is 13.6. The number of aliphatic hydroxyl groups is 1. The standard InChI is InChI=1S/C14H16ClFN2O/c1-18-10(7-8-17-18)5-6-11(19)9-12-13(15)3-2-4-14(12)16/h2-4,7-8,11,19H,5-6,9H2,1H3. The molecule has 1 N–H and O–H groups in total. The number of benzene rings is 1. The number of rotatable bonds is 5. The van der Waals surface area contributed by atoms with Crippen LogP contribution in [-0.4, -0.2) is 21.0 Å². The van der Waals surface area contributed by atoms with Crippen LogP contribution in [0.3, 0.4) is 0 Å². The first-order valence-electron chi connectivity index (χ1n) is 6.15. The molecule has 0 saturated heterocycles. The van der Waals surface area contributed by atoms with Crippen molar-refractivity contribution in [3.8, 4) is 0 Å². The third-order valence-corrected chi connectivity index (χ3v) is 3.51.